The minimum absolute atomic E-state index is 0.955. The summed E-state index contributed by atoms with van der Waals surface area (Å²) in [5.74, 6) is 0. The molecule has 0 radical (unpaired) electrons. The molecule has 1 heteroatoms. The summed E-state index contributed by atoms with van der Waals surface area (Å²) in [6.07, 6.45) is 3.36. The number of anilines is 1. The van der Waals surface area contributed by atoms with Crippen molar-refractivity contribution in [2.45, 2.75) is 33.1 Å². The summed E-state index contributed by atoms with van der Waals surface area (Å²) in [6.45, 7) is 4.36. The molecule has 0 aliphatic heterocycles. The molecule has 1 nitrogen and oxygen atoms in total. The molecule has 0 atom stereocenters. The largest absolute Gasteiger partial charge is 0.398 e. The van der Waals surface area contributed by atoms with E-state index in [2.05, 4.69) is 19.9 Å². The number of nitrogens with two attached hydrogens (primary N) is 1. The quantitative estimate of drug-likeness (QED) is 0.681. The zero-order valence-electron chi connectivity index (χ0n) is 7.93. The van der Waals surface area contributed by atoms with Gasteiger partial charge in [-0.1, -0.05) is 32.4 Å². The smallest absolute Gasteiger partial charge is 0.0349 e. The first-order chi connectivity index (χ1) is 5.79. The number of nitrogen functional groups attached to an aromatic ring is 1. The summed E-state index contributed by atoms with van der Waals surface area (Å²) < 4.78 is 0. The predicted octanol–water partition coefficient (Wildman–Crippen LogP) is 2.78. The van der Waals surface area contributed by atoms with Gasteiger partial charge in [0.1, 0.15) is 0 Å². The average Bonchev–Trinajstić information content (AvgIpc) is 2.09. The lowest BCUT2D eigenvalue weighted by molar-refractivity contribution is 0.902. The lowest BCUT2D eigenvalue weighted by Crippen LogP contribution is -1.98. The van der Waals surface area contributed by atoms with Gasteiger partial charge < -0.3 is 5.73 Å². The van der Waals surface area contributed by atoms with Crippen LogP contribution in [0.15, 0.2) is 18.2 Å². The van der Waals surface area contributed by atoms with Crippen LogP contribution < -0.4 is 5.73 Å². The molecule has 2 N–H and O–H groups in total. The second-order valence-electron chi connectivity index (χ2n) is 3.09. The SMILES string of the molecule is CCCc1c(N)cccc1CC. The maximum atomic E-state index is 5.88. The van der Waals surface area contributed by atoms with Crippen LogP contribution in [0, 0.1) is 0 Å². The second kappa shape index (κ2) is 4.15. The molecule has 0 saturated heterocycles. The molecule has 0 saturated carbocycles. The summed E-state index contributed by atoms with van der Waals surface area (Å²) in [6, 6.07) is 6.19. The van der Waals surface area contributed by atoms with Crippen molar-refractivity contribution in [2.24, 2.45) is 0 Å². The summed E-state index contributed by atoms with van der Waals surface area (Å²) in [5, 5.41) is 0. The Kier molecular flexibility index (Phi) is 3.15. The van der Waals surface area contributed by atoms with Crippen molar-refractivity contribution in [3.63, 3.8) is 0 Å². The molecular formula is C11H17N. The summed E-state index contributed by atoms with van der Waals surface area (Å²) in [4.78, 5) is 0. The lowest BCUT2D eigenvalue weighted by Gasteiger charge is -2.09. The Hall–Kier alpha value is -0.980. The van der Waals surface area contributed by atoms with Gasteiger partial charge in [-0.05, 0) is 30.0 Å². The standard InChI is InChI=1S/C11H17N/c1-3-6-10-9(4-2)7-5-8-11(10)12/h5,7-8H,3-4,6,12H2,1-2H3. The molecule has 0 aromatic heterocycles. The molecule has 1 rings (SSSR count). The van der Waals surface area contributed by atoms with E-state index in [9.17, 15) is 0 Å². The maximum absolute atomic E-state index is 5.88. The third-order valence-electron chi connectivity index (χ3n) is 2.19. The van der Waals surface area contributed by atoms with Crippen molar-refractivity contribution in [3.05, 3.63) is 29.3 Å². The van der Waals surface area contributed by atoms with E-state index in [4.69, 9.17) is 5.73 Å². The minimum Gasteiger partial charge on any atom is -0.398 e. The normalized spacial score (nSPS) is 10.2. The Balaban J connectivity index is 3.02. The molecule has 0 aliphatic rings. The van der Waals surface area contributed by atoms with Crippen molar-refractivity contribution in [1.82, 2.24) is 0 Å². The molecular weight excluding hydrogens is 146 g/mol. The maximum Gasteiger partial charge on any atom is 0.0349 e. The van der Waals surface area contributed by atoms with Crippen LogP contribution in [-0.2, 0) is 12.8 Å². The summed E-state index contributed by atoms with van der Waals surface area (Å²) in [5.41, 5.74) is 9.59. The molecule has 1 aromatic rings. The van der Waals surface area contributed by atoms with Gasteiger partial charge in [0.05, 0.1) is 0 Å². The highest BCUT2D eigenvalue weighted by molar-refractivity contribution is 5.51. The van der Waals surface area contributed by atoms with E-state index < -0.39 is 0 Å². The molecule has 66 valence electrons. The van der Waals surface area contributed by atoms with E-state index >= 15 is 0 Å². The molecule has 0 fully saturated rings. The van der Waals surface area contributed by atoms with E-state index in [1.165, 1.54) is 17.5 Å². The number of hydrogen-bond acceptors (Lipinski definition) is 1. The Morgan fingerprint density at radius 1 is 1.25 bits per heavy atom. The Morgan fingerprint density at radius 2 is 2.00 bits per heavy atom. The number of benzene rings is 1. The van der Waals surface area contributed by atoms with Crippen LogP contribution in [0.3, 0.4) is 0 Å². The third-order valence-corrected chi connectivity index (χ3v) is 2.19. The van der Waals surface area contributed by atoms with E-state index in [-0.39, 0.29) is 0 Å². The van der Waals surface area contributed by atoms with Crippen LogP contribution in [0.25, 0.3) is 0 Å². The Morgan fingerprint density at radius 3 is 2.58 bits per heavy atom. The van der Waals surface area contributed by atoms with Crippen molar-refractivity contribution in [1.29, 1.82) is 0 Å². The summed E-state index contributed by atoms with van der Waals surface area (Å²) >= 11 is 0. The third kappa shape index (κ3) is 1.79. The molecule has 0 spiro atoms. The van der Waals surface area contributed by atoms with Crippen molar-refractivity contribution in [2.75, 3.05) is 5.73 Å². The molecule has 0 bridgehead atoms. The lowest BCUT2D eigenvalue weighted by atomic mass is 9.99. The van der Waals surface area contributed by atoms with Crippen molar-refractivity contribution < 1.29 is 0 Å². The topological polar surface area (TPSA) is 26.0 Å². The predicted molar refractivity (Wildman–Crippen MR) is 54.2 cm³/mol. The molecule has 12 heavy (non-hydrogen) atoms. The highest BCUT2D eigenvalue weighted by Gasteiger charge is 2.02. The molecule has 0 unspecified atom stereocenters. The second-order valence-corrected chi connectivity index (χ2v) is 3.09. The van der Waals surface area contributed by atoms with Gasteiger partial charge in [-0.15, -0.1) is 0 Å². The van der Waals surface area contributed by atoms with Gasteiger partial charge in [0.2, 0.25) is 0 Å². The number of aryl methyl sites for hydroxylation is 1. The van der Waals surface area contributed by atoms with Gasteiger partial charge in [0.25, 0.3) is 0 Å². The molecule has 0 aliphatic carbocycles. The van der Waals surface area contributed by atoms with Gasteiger partial charge in [-0.25, -0.2) is 0 Å². The van der Waals surface area contributed by atoms with Gasteiger partial charge in [0.15, 0.2) is 0 Å². The Bertz CT molecular complexity index is 253. The van der Waals surface area contributed by atoms with Crippen LogP contribution >= 0.6 is 0 Å². The monoisotopic (exact) mass is 163 g/mol. The Labute approximate surface area is 74.6 Å². The van der Waals surface area contributed by atoms with Crippen LogP contribution in [-0.4, -0.2) is 0 Å². The first-order valence-corrected chi connectivity index (χ1v) is 4.65. The first kappa shape index (κ1) is 9.11. The van der Waals surface area contributed by atoms with Gasteiger partial charge in [-0.3, -0.25) is 0 Å². The van der Waals surface area contributed by atoms with E-state index in [1.54, 1.807) is 0 Å². The average molecular weight is 163 g/mol. The van der Waals surface area contributed by atoms with Crippen LogP contribution in [0.5, 0.6) is 0 Å². The fourth-order valence-electron chi connectivity index (χ4n) is 1.54. The zero-order chi connectivity index (χ0) is 8.97. The van der Waals surface area contributed by atoms with Crippen molar-refractivity contribution in [3.8, 4) is 0 Å². The highest BCUT2D eigenvalue weighted by atomic mass is 14.6. The fraction of sp³-hybridized carbons (Fsp3) is 0.455. The summed E-state index contributed by atoms with van der Waals surface area (Å²) in [7, 11) is 0. The molecule has 0 heterocycles. The zero-order valence-corrected chi connectivity index (χ0v) is 7.93. The van der Waals surface area contributed by atoms with E-state index in [1.807, 2.05) is 12.1 Å². The van der Waals surface area contributed by atoms with Gasteiger partial charge >= 0.3 is 0 Å². The van der Waals surface area contributed by atoms with Crippen LogP contribution in [0.4, 0.5) is 5.69 Å². The van der Waals surface area contributed by atoms with Crippen molar-refractivity contribution >= 4 is 5.69 Å². The fourth-order valence-corrected chi connectivity index (χ4v) is 1.54. The highest BCUT2D eigenvalue weighted by Crippen LogP contribution is 2.19. The van der Waals surface area contributed by atoms with E-state index in [0.717, 1.165) is 18.5 Å². The number of rotatable bonds is 3. The first-order valence-electron chi connectivity index (χ1n) is 4.65. The molecule has 0 amide bonds. The van der Waals surface area contributed by atoms with Gasteiger partial charge in [-0.2, -0.15) is 0 Å². The van der Waals surface area contributed by atoms with E-state index in [0.29, 0.717) is 0 Å². The van der Waals surface area contributed by atoms with Crippen LogP contribution in [0.2, 0.25) is 0 Å². The van der Waals surface area contributed by atoms with Crippen LogP contribution in [0.1, 0.15) is 31.4 Å². The van der Waals surface area contributed by atoms with Gasteiger partial charge in [0, 0.05) is 5.69 Å². The molecule has 1 aromatic carbocycles. The number of hydrogen-bond donors (Lipinski definition) is 1. The minimum atomic E-state index is 0.955.